The van der Waals surface area contributed by atoms with Gasteiger partial charge in [-0.15, -0.1) is 0 Å². The van der Waals surface area contributed by atoms with Gasteiger partial charge in [0.2, 0.25) is 5.91 Å². The Kier molecular flexibility index (Phi) is 7.50. The van der Waals surface area contributed by atoms with E-state index in [1.807, 2.05) is 0 Å². The summed E-state index contributed by atoms with van der Waals surface area (Å²) in [7, 11) is 0. The molecule has 0 aromatic carbocycles. The summed E-state index contributed by atoms with van der Waals surface area (Å²) in [5, 5.41) is 13.9. The molecule has 0 fully saturated rings. The molecule has 3 amide bonds. The number of hydrogen-bond acceptors (Lipinski definition) is 3. The first-order valence-electron chi connectivity index (χ1n) is 5.88. The molecule has 7 nitrogen and oxygen atoms in total. The molecule has 3 N–H and O–H groups in total. The van der Waals surface area contributed by atoms with E-state index in [4.69, 9.17) is 5.11 Å². The number of amides is 3. The van der Waals surface area contributed by atoms with Crippen molar-refractivity contribution in [2.75, 3.05) is 26.2 Å². The second kappa shape index (κ2) is 8.32. The Morgan fingerprint density at radius 2 is 1.78 bits per heavy atom. The third kappa shape index (κ3) is 6.72. The number of carboxylic acid groups (broad SMARTS) is 1. The van der Waals surface area contributed by atoms with Crippen molar-refractivity contribution >= 4 is 17.9 Å². The number of carbonyl (C=O) groups is 3. The molecule has 1 atom stereocenters. The van der Waals surface area contributed by atoms with E-state index in [0.29, 0.717) is 19.6 Å². The summed E-state index contributed by atoms with van der Waals surface area (Å²) < 4.78 is 0. The summed E-state index contributed by atoms with van der Waals surface area (Å²) in [5.74, 6) is -1.69. The van der Waals surface area contributed by atoms with Gasteiger partial charge in [0, 0.05) is 33.1 Å². The lowest BCUT2D eigenvalue weighted by atomic mass is 10.2. The van der Waals surface area contributed by atoms with Gasteiger partial charge >= 0.3 is 12.0 Å². The van der Waals surface area contributed by atoms with Gasteiger partial charge in [-0.05, 0) is 6.92 Å². The Hall–Kier alpha value is -1.79. The van der Waals surface area contributed by atoms with E-state index >= 15 is 0 Å². The van der Waals surface area contributed by atoms with Gasteiger partial charge in [-0.25, -0.2) is 4.79 Å². The van der Waals surface area contributed by atoms with E-state index in [-0.39, 0.29) is 18.5 Å². The standard InChI is InChI=1S/C11H21N3O4/c1-4-14(7-8(2)10(16)17)11(18)13-6-5-12-9(3)15/h8H,4-7H2,1-3H3,(H,12,15)(H,13,18)(H,16,17). The minimum Gasteiger partial charge on any atom is -0.481 e. The van der Waals surface area contributed by atoms with E-state index in [1.54, 1.807) is 13.8 Å². The second-order valence-corrected chi connectivity index (χ2v) is 3.99. The van der Waals surface area contributed by atoms with Crippen LogP contribution in [0.25, 0.3) is 0 Å². The summed E-state index contributed by atoms with van der Waals surface area (Å²) in [5.41, 5.74) is 0. The first-order valence-corrected chi connectivity index (χ1v) is 5.88. The van der Waals surface area contributed by atoms with Crippen LogP contribution in [-0.4, -0.2) is 54.1 Å². The molecule has 0 radical (unpaired) electrons. The molecule has 0 saturated carbocycles. The van der Waals surface area contributed by atoms with Crippen LogP contribution >= 0.6 is 0 Å². The summed E-state index contributed by atoms with van der Waals surface area (Å²) in [4.78, 5) is 34.4. The van der Waals surface area contributed by atoms with Crippen LogP contribution in [0.4, 0.5) is 4.79 Å². The van der Waals surface area contributed by atoms with E-state index < -0.39 is 11.9 Å². The van der Waals surface area contributed by atoms with Crippen LogP contribution in [-0.2, 0) is 9.59 Å². The molecule has 0 heterocycles. The fraction of sp³-hybridized carbons (Fsp3) is 0.727. The highest BCUT2D eigenvalue weighted by Crippen LogP contribution is 2.00. The number of hydrogen-bond donors (Lipinski definition) is 3. The van der Waals surface area contributed by atoms with E-state index in [9.17, 15) is 14.4 Å². The van der Waals surface area contributed by atoms with Crippen LogP contribution in [0, 0.1) is 5.92 Å². The average Bonchev–Trinajstić information content (AvgIpc) is 2.30. The van der Waals surface area contributed by atoms with Gasteiger partial charge in [0.15, 0.2) is 0 Å². The Balaban J connectivity index is 4.03. The fourth-order valence-electron chi connectivity index (χ4n) is 1.28. The van der Waals surface area contributed by atoms with Gasteiger partial charge in [0.05, 0.1) is 5.92 Å². The molecule has 0 saturated heterocycles. The van der Waals surface area contributed by atoms with Crippen molar-refractivity contribution in [2.24, 2.45) is 5.92 Å². The molecule has 0 aromatic heterocycles. The number of urea groups is 1. The smallest absolute Gasteiger partial charge is 0.317 e. The highest BCUT2D eigenvalue weighted by atomic mass is 16.4. The molecule has 0 bridgehead atoms. The van der Waals surface area contributed by atoms with Gasteiger partial charge in [0.1, 0.15) is 0 Å². The number of carbonyl (C=O) groups excluding carboxylic acids is 2. The molecule has 104 valence electrons. The highest BCUT2D eigenvalue weighted by Gasteiger charge is 2.18. The third-order valence-corrected chi connectivity index (χ3v) is 2.36. The normalized spacial score (nSPS) is 11.5. The van der Waals surface area contributed by atoms with Gasteiger partial charge in [0.25, 0.3) is 0 Å². The Labute approximate surface area is 107 Å². The van der Waals surface area contributed by atoms with Crippen LogP contribution in [0.1, 0.15) is 20.8 Å². The molecule has 0 spiro atoms. The molecule has 0 aliphatic heterocycles. The summed E-state index contributed by atoms with van der Waals surface area (Å²) >= 11 is 0. The van der Waals surface area contributed by atoms with Gasteiger partial charge < -0.3 is 20.6 Å². The first kappa shape index (κ1) is 16.2. The summed E-state index contributed by atoms with van der Waals surface area (Å²) in [6, 6.07) is -0.323. The van der Waals surface area contributed by atoms with Crippen LogP contribution in [0.5, 0.6) is 0 Å². The van der Waals surface area contributed by atoms with Gasteiger partial charge in [-0.3, -0.25) is 9.59 Å². The molecule has 0 aromatic rings. The van der Waals surface area contributed by atoms with Crippen molar-refractivity contribution in [1.29, 1.82) is 0 Å². The number of carboxylic acids is 1. The van der Waals surface area contributed by atoms with Crippen LogP contribution in [0.2, 0.25) is 0 Å². The zero-order valence-corrected chi connectivity index (χ0v) is 11.0. The van der Waals surface area contributed by atoms with E-state index in [2.05, 4.69) is 10.6 Å². The van der Waals surface area contributed by atoms with Crippen molar-refractivity contribution in [1.82, 2.24) is 15.5 Å². The van der Waals surface area contributed by atoms with E-state index in [0.717, 1.165) is 0 Å². The molecule has 1 unspecified atom stereocenters. The van der Waals surface area contributed by atoms with Crippen LogP contribution in [0.3, 0.4) is 0 Å². The Bertz CT molecular complexity index is 307. The molecular formula is C11H21N3O4. The predicted octanol–water partition coefficient (Wildman–Crippen LogP) is -0.125. The molecule has 18 heavy (non-hydrogen) atoms. The van der Waals surface area contributed by atoms with Crippen LogP contribution < -0.4 is 10.6 Å². The molecule has 0 aliphatic rings. The lowest BCUT2D eigenvalue weighted by Crippen LogP contribution is -2.45. The topological polar surface area (TPSA) is 98.7 Å². The number of aliphatic carboxylic acids is 1. The SMILES string of the molecule is CCN(CC(C)C(=O)O)C(=O)NCCNC(C)=O. The van der Waals surface area contributed by atoms with Crippen molar-refractivity contribution in [3.05, 3.63) is 0 Å². The quantitative estimate of drug-likeness (QED) is 0.555. The maximum Gasteiger partial charge on any atom is 0.317 e. The largest absolute Gasteiger partial charge is 0.481 e. The molecule has 7 heteroatoms. The zero-order valence-electron chi connectivity index (χ0n) is 11.0. The van der Waals surface area contributed by atoms with Crippen molar-refractivity contribution in [2.45, 2.75) is 20.8 Å². The Morgan fingerprint density at radius 1 is 1.22 bits per heavy atom. The molecular weight excluding hydrogens is 238 g/mol. The average molecular weight is 259 g/mol. The number of nitrogens with one attached hydrogen (secondary N) is 2. The number of nitrogens with zero attached hydrogens (tertiary/aromatic N) is 1. The predicted molar refractivity (Wildman–Crippen MR) is 66.1 cm³/mol. The lowest BCUT2D eigenvalue weighted by Gasteiger charge is -2.23. The van der Waals surface area contributed by atoms with Crippen molar-refractivity contribution < 1.29 is 19.5 Å². The molecule has 0 rings (SSSR count). The maximum atomic E-state index is 11.7. The first-order chi connectivity index (χ1) is 8.38. The Morgan fingerprint density at radius 3 is 2.22 bits per heavy atom. The zero-order chi connectivity index (χ0) is 14.1. The fourth-order valence-corrected chi connectivity index (χ4v) is 1.28. The summed E-state index contributed by atoms with van der Waals surface area (Å²) in [6.45, 7) is 6.00. The number of rotatable bonds is 7. The van der Waals surface area contributed by atoms with Gasteiger partial charge in [-0.1, -0.05) is 6.92 Å². The van der Waals surface area contributed by atoms with Crippen LogP contribution in [0.15, 0.2) is 0 Å². The van der Waals surface area contributed by atoms with Crippen molar-refractivity contribution in [3.8, 4) is 0 Å². The van der Waals surface area contributed by atoms with E-state index in [1.165, 1.54) is 11.8 Å². The minimum atomic E-state index is -0.931. The minimum absolute atomic E-state index is 0.156. The highest BCUT2D eigenvalue weighted by molar-refractivity contribution is 5.76. The monoisotopic (exact) mass is 259 g/mol. The molecule has 0 aliphatic carbocycles. The third-order valence-electron chi connectivity index (χ3n) is 2.36. The summed E-state index contributed by atoms with van der Waals surface area (Å²) in [6.07, 6.45) is 0. The maximum absolute atomic E-state index is 11.7. The second-order valence-electron chi connectivity index (χ2n) is 3.99. The van der Waals surface area contributed by atoms with Gasteiger partial charge in [-0.2, -0.15) is 0 Å². The van der Waals surface area contributed by atoms with Crippen molar-refractivity contribution in [3.63, 3.8) is 0 Å². The lowest BCUT2D eigenvalue weighted by molar-refractivity contribution is -0.141.